The van der Waals surface area contributed by atoms with Crippen molar-refractivity contribution >= 4 is 5.97 Å². The third-order valence-corrected chi connectivity index (χ3v) is 2.85. The standard InChI is InChI=1S/C9H8O2/c10-9-8-6-2-1-5(3-6)7(8)4-11-9/h1-2,5,7H,3-4H2. The maximum atomic E-state index is 11.1. The molecule has 0 N–H and O–H groups in total. The zero-order valence-corrected chi connectivity index (χ0v) is 6.04. The van der Waals surface area contributed by atoms with Crippen molar-refractivity contribution in [3.63, 3.8) is 0 Å². The molecule has 2 atom stereocenters. The minimum Gasteiger partial charge on any atom is -0.462 e. The Morgan fingerprint density at radius 3 is 3.27 bits per heavy atom. The third kappa shape index (κ3) is 0.516. The van der Waals surface area contributed by atoms with E-state index in [2.05, 4.69) is 12.2 Å². The number of ether oxygens (including phenoxy) is 1. The molecule has 1 fully saturated rings. The molecule has 3 aliphatic rings. The molecule has 0 spiro atoms. The van der Waals surface area contributed by atoms with Gasteiger partial charge in [0, 0.05) is 11.5 Å². The fourth-order valence-electron chi connectivity index (χ4n) is 2.29. The van der Waals surface area contributed by atoms with Crippen LogP contribution in [0.4, 0.5) is 0 Å². The molecule has 3 rings (SSSR count). The van der Waals surface area contributed by atoms with E-state index in [1.807, 2.05) is 0 Å². The molecule has 2 aliphatic carbocycles. The zero-order chi connectivity index (χ0) is 7.42. The lowest BCUT2D eigenvalue weighted by Gasteiger charge is -2.08. The second-order valence-corrected chi connectivity index (χ2v) is 3.37. The normalized spacial score (nSPS) is 38.4. The minimum atomic E-state index is -0.0724. The summed E-state index contributed by atoms with van der Waals surface area (Å²) in [5, 5.41) is 0. The zero-order valence-electron chi connectivity index (χ0n) is 6.04. The van der Waals surface area contributed by atoms with E-state index in [0.717, 1.165) is 12.0 Å². The molecule has 2 heteroatoms. The molecule has 0 saturated carbocycles. The van der Waals surface area contributed by atoms with Gasteiger partial charge in [-0.2, -0.15) is 0 Å². The van der Waals surface area contributed by atoms with Crippen molar-refractivity contribution in [2.75, 3.05) is 6.61 Å². The molecule has 1 saturated heterocycles. The largest absolute Gasteiger partial charge is 0.462 e. The molecule has 0 aromatic rings. The highest BCUT2D eigenvalue weighted by Gasteiger charge is 2.44. The fraction of sp³-hybridized carbons (Fsp3) is 0.444. The van der Waals surface area contributed by atoms with E-state index < -0.39 is 0 Å². The van der Waals surface area contributed by atoms with Gasteiger partial charge < -0.3 is 4.74 Å². The first-order valence-electron chi connectivity index (χ1n) is 3.94. The van der Waals surface area contributed by atoms with Gasteiger partial charge in [0.1, 0.15) is 0 Å². The van der Waals surface area contributed by atoms with Crippen molar-refractivity contribution in [1.82, 2.24) is 0 Å². The number of rotatable bonds is 0. The van der Waals surface area contributed by atoms with Crippen LogP contribution in [0, 0.1) is 11.8 Å². The highest BCUT2D eigenvalue weighted by molar-refractivity contribution is 5.94. The molecule has 0 aromatic carbocycles. The van der Waals surface area contributed by atoms with Gasteiger partial charge in [0.2, 0.25) is 0 Å². The van der Waals surface area contributed by atoms with Gasteiger partial charge in [-0.1, -0.05) is 12.2 Å². The van der Waals surface area contributed by atoms with Gasteiger partial charge in [-0.25, -0.2) is 4.79 Å². The first kappa shape index (κ1) is 5.58. The fourth-order valence-corrected chi connectivity index (χ4v) is 2.29. The minimum absolute atomic E-state index is 0.0724. The van der Waals surface area contributed by atoms with E-state index in [1.165, 1.54) is 5.57 Å². The summed E-state index contributed by atoms with van der Waals surface area (Å²) in [5.74, 6) is 0.908. The Bertz CT molecular complexity index is 299. The summed E-state index contributed by atoms with van der Waals surface area (Å²) in [6, 6.07) is 0. The van der Waals surface area contributed by atoms with Gasteiger partial charge in [-0.3, -0.25) is 0 Å². The van der Waals surface area contributed by atoms with Crippen LogP contribution in [0.3, 0.4) is 0 Å². The number of carbonyl (C=O) groups is 1. The molecule has 2 unspecified atom stereocenters. The molecule has 56 valence electrons. The topological polar surface area (TPSA) is 26.3 Å². The van der Waals surface area contributed by atoms with Gasteiger partial charge in [0.25, 0.3) is 0 Å². The second-order valence-electron chi connectivity index (χ2n) is 3.37. The Hall–Kier alpha value is -1.05. The molecular weight excluding hydrogens is 140 g/mol. The summed E-state index contributed by atoms with van der Waals surface area (Å²) in [5.41, 5.74) is 2.19. The molecule has 2 nitrogen and oxygen atoms in total. The summed E-state index contributed by atoms with van der Waals surface area (Å²) in [6.45, 7) is 0.618. The molecule has 1 heterocycles. The van der Waals surface area contributed by atoms with Gasteiger partial charge in [-0.05, 0) is 17.9 Å². The predicted molar refractivity (Wildman–Crippen MR) is 38.7 cm³/mol. The smallest absolute Gasteiger partial charge is 0.334 e. The Morgan fingerprint density at radius 2 is 2.45 bits per heavy atom. The average molecular weight is 148 g/mol. The van der Waals surface area contributed by atoms with E-state index in [-0.39, 0.29) is 5.97 Å². The number of cyclic esters (lactones) is 1. The molecule has 0 amide bonds. The SMILES string of the molecule is O=C1OCC2C1=C1C=CC2C1. The van der Waals surface area contributed by atoms with Crippen LogP contribution in [-0.4, -0.2) is 12.6 Å². The lowest BCUT2D eigenvalue weighted by Crippen LogP contribution is -2.08. The van der Waals surface area contributed by atoms with Crippen LogP contribution in [0.5, 0.6) is 0 Å². The van der Waals surface area contributed by atoms with Crippen molar-refractivity contribution < 1.29 is 9.53 Å². The Morgan fingerprint density at radius 1 is 1.55 bits per heavy atom. The van der Waals surface area contributed by atoms with E-state index in [0.29, 0.717) is 18.4 Å². The van der Waals surface area contributed by atoms with Crippen molar-refractivity contribution in [2.45, 2.75) is 6.42 Å². The molecule has 0 radical (unpaired) electrons. The number of esters is 1. The maximum absolute atomic E-state index is 11.1. The molecule has 2 bridgehead atoms. The quantitative estimate of drug-likeness (QED) is 0.480. The van der Waals surface area contributed by atoms with E-state index >= 15 is 0 Å². The van der Waals surface area contributed by atoms with Crippen molar-refractivity contribution in [2.24, 2.45) is 11.8 Å². The number of hydrogen-bond donors (Lipinski definition) is 0. The van der Waals surface area contributed by atoms with Crippen LogP contribution in [0.2, 0.25) is 0 Å². The number of allylic oxidation sites excluding steroid dienone is 3. The second kappa shape index (κ2) is 1.58. The number of fused-ring (bicyclic) bond motifs is 4. The Labute approximate surface area is 64.5 Å². The lowest BCUT2D eigenvalue weighted by atomic mass is 9.92. The van der Waals surface area contributed by atoms with Gasteiger partial charge >= 0.3 is 5.97 Å². The first-order valence-corrected chi connectivity index (χ1v) is 3.94. The van der Waals surface area contributed by atoms with E-state index in [9.17, 15) is 4.79 Å². The molecular formula is C9H8O2. The maximum Gasteiger partial charge on any atom is 0.334 e. The summed E-state index contributed by atoms with van der Waals surface area (Å²) in [7, 11) is 0. The van der Waals surface area contributed by atoms with Crippen molar-refractivity contribution in [3.05, 3.63) is 23.3 Å². The molecule has 11 heavy (non-hydrogen) atoms. The van der Waals surface area contributed by atoms with Gasteiger partial charge in [0.15, 0.2) is 0 Å². The first-order chi connectivity index (χ1) is 5.36. The summed E-state index contributed by atoms with van der Waals surface area (Å²) in [4.78, 5) is 11.1. The van der Waals surface area contributed by atoms with Gasteiger partial charge in [-0.15, -0.1) is 0 Å². The Balaban J connectivity index is 2.19. The number of carbonyl (C=O) groups excluding carboxylic acids is 1. The van der Waals surface area contributed by atoms with Crippen LogP contribution < -0.4 is 0 Å². The van der Waals surface area contributed by atoms with Crippen molar-refractivity contribution in [3.8, 4) is 0 Å². The predicted octanol–water partition coefficient (Wildman–Crippen LogP) is 1.05. The Kier molecular flexibility index (Phi) is 0.799. The number of hydrogen-bond acceptors (Lipinski definition) is 2. The summed E-state index contributed by atoms with van der Waals surface area (Å²) < 4.78 is 4.96. The lowest BCUT2D eigenvalue weighted by molar-refractivity contribution is -0.135. The van der Waals surface area contributed by atoms with Crippen LogP contribution in [-0.2, 0) is 9.53 Å². The third-order valence-electron chi connectivity index (χ3n) is 2.85. The van der Waals surface area contributed by atoms with Gasteiger partial charge in [0.05, 0.1) is 6.61 Å². The average Bonchev–Trinajstić information content (AvgIpc) is 2.60. The van der Waals surface area contributed by atoms with E-state index in [1.54, 1.807) is 0 Å². The highest BCUT2D eigenvalue weighted by atomic mass is 16.5. The van der Waals surface area contributed by atoms with Crippen LogP contribution in [0.15, 0.2) is 23.3 Å². The van der Waals surface area contributed by atoms with Crippen LogP contribution >= 0.6 is 0 Å². The molecule has 1 aliphatic heterocycles. The van der Waals surface area contributed by atoms with Crippen LogP contribution in [0.25, 0.3) is 0 Å². The van der Waals surface area contributed by atoms with Crippen LogP contribution in [0.1, 0.15) is 6.42 Å². The summed E-state index contributed by atoms with van der Waals surface area (Å²) >= 11 is 0. The monoisotopic (exact) mass is 148 g/mol. The van der Waals surface area contributed by atoms with E-state index in [4.69, 9.17) is 4.74 Å². The summed E-state index contributed by atoms with van der Waals surface area (Å²) in [6.07, 6.45) is 5.35. The van der Waals surface area contributed by atoms with Crippen molar-refractivity contribution in [1.29, 1.82) is 0 Å². The highest BCUT2D eigenvalue weighted by Crippen LogP contribution is 2.46. The molecule has 0 aromatic heterocycles.